The maximum atomic E-state index is 11.8. The van der Waals surface area contributed by atoms with Gasteiger partial charge in [0.1, 0.15) is 0 Å². The first-order valence-corrected chi connectivity index (χ1v) is 5.75. The molecule has 0 aliphatic heterocycles. The highest BCUT2D eigenvalue weighted by molar-refractivity contribution is 5.93. The molecule has 0 bridgehead atoms. The lowest BCUT2D eigenvalue weighted by atomic mass is 9.80. The molecule has 0 saturated carbocycles. The minimum atomic E-state index is -0.987. The van der Waals surface area contributed by atoms with Gasteiger partial charge in [0.15, 0.2) is 0 Å². The summed E-state index contributed by atoms with van der Waals surface area (Å²) in [6.45, 7) is 8.47. The molecule has 0 spiro atoms. The standard InChI is InChI=1S/C13H19O5/c1-4-6-8-13(3,9-7-10(14)15)12(17)18-11(16)5-2/h5H,1-2,4,6-9H2,3H3,(H,14,15). The van der Waals surface area contributed by atoms with E-state index in [-0.39, 0.29) is 12.8 Å². The van der Waals surface area contributed by atoms with E-state index in [1.165, 1.54) is 0 Å². The van der Waals surface area contributed by atoms with Gasteiger partial charge in [0.25, 0.3) is 0 Å². The van der Waals surface area contributed by atoms with Crippen LogP contribution in [0, 0.1) is 12.3 Å². The van der Waals surface area contributed by atoms with Crippen molar-refractivity contribution in [2.45, 2.75) is 39.0 Å². The third-order valence-electron chi connectivity index (χ3n) is 2.72. The Morgan fingerprint density at radius 2 is 1.94 bits per heavy atom. The second-order valence-corrected chi connectivity index (χ2v) is 4.32. The van der Waals surface area contributed by atoms with E-state index in [0.29, 0.717) is 19.3 Å². The fourth-order valence-corrected chi connectivity index (χ4v) is 1.48. The van der Waals surface area contributed by atoms with Crippen molar-refractivity contribution in [3.63, 3.8) is 0 Å². The number of esters is 2. The van der Waals surface area contributed by atoms with Crippen molar-refractivity contribution in [2.24, 2.45) is 5.41 Å². The average molecular weight is 255 g/mol. The van der Waals surface area contributed by atoms with Gasteiger partial charge in [-0.25, -0.2) is 4.79 Å². The molecular weight excluding hydrogens is 236 g/mol. The summed E-state index contributed by atoms with van der Waals surface area (Å²) in [6, 6.07) is 0. The van der Waals surface area contributed by atoms with Crippen LogP contribution < -0.4 is 0 Å². The zero-order valence-corrected chi connectivity index (χ0v) is 10.6. The Morgan fingerprint density at radius 1 is 1.33 bits per heavy atom. The van der Waals surface area contributed by atoms with Crippen molar-refractivity contribution in [2.75, 3.05) is 0 Å². The molecule has 101 valence electrons. The number of hydrogen-bond acceptors (Lipinski definition) is 4. The maximum absolute atomic E-state index is 11.8. The molecular formula is C13H19O5. The molecule has 1 unspecified atom stereocenters. The number of unbranched alkanes of at least 4 members (excludes halogenated alkanes) is 1. The third kappa shape index (κ3) is 5.61. The number of aliphatic carboxylic acids is 1. The van der Waals surface area contributed by atoms with Crippen molar-refractivity contribution < 1.29 is 24.2 Å². The predicted molar refractivity (Wildman–Crippen MR) is 65.5 cm³/mol. The molecule has 0 heterocycles. The summed E-state index contributed by atoms with van der Waals surface area (Å²) < 4.78 is 4.58. The van der Waals surface area contributed by atoms with Crippen LogP contribution in [0.5, 0.6) is 0 Å². The molecule has 0 aliphatic carbocycles. The topological polar surface area (TPSA) is 80.7 Å². The number of carboxylic acids is 1. The van der Waals surface area contributed by atoms with Crippen molar-refractivity contribution in [3.8, 4) is 0 Å². The Balaban J connectivity index is 4.71. The molecule has 0 aliphatic rings. The van der Waals surface area contributed by atoms with Crippen molar-refractivity contribution >= 4 is 17.9 Å². The lowest BCUT2D eigenvalue weighted by molar-refractivity contribution is -0.164. The predicted octanol–water partition coefficient (Wildman–Crippen LogP) is 2.12. The van der Waals surface area contributed by atoms with Gasteiger partial charge < -0.3 is 9.84 Å². The Labute approximate surface area is 107 Å². The first-order chi connectivity index (χ1) is 8.35. The second-order valence-electron chi connectivity index (χ2n) is 4.32. The first kappa shape index (κ1) is 16.4. The van der Waals surface area contributed by atoms with Crippen LogP contribution in [-0.2, 0) is 19.1 Å². The fraction of sp³-hybridized carbons (Fsp3) is 0.538. The second kappa shape index (κ2) is 7.63. The third-order valence-corrected chi connectivity index (χ3v) is 2.72. The summed E-state index contributed by atoms with van der Waals surface area (Å²) in [4.78, 5) is 33.4. The fourth-order valence-electron chi connectivity index (χ4n) is 1.48. The van der Waals surface area contributed by atoms with Crippen molar-refractivity contribution in [1.82, 2.24) is 0 Å². The van der Waals surface area contributed by atoms with E-state index < -0.39 is 23.3 Å². The molecule has 0 aromatic heterocycles. The Hall–Kier alpha value is -1.65. The molecule has 5 nitrogen and oxygen atoms in total. The van der Waals surface area contributed by atoms with Gasteiger partial charge >= 0.3 is 17.9 Å². The minimum Gasteiger partial charge on any atom is -0.481 e. The Kier molecular flexibility index (Phi) is 6.93. The van der Waals surface area contributed by atoms with Gasteiger partial charge in [0, 0.05) is 12.5 Å². The van der Waals surface area contributed by atoms with Crippen LogP contribution in [0.2, 0.25) is 0 Å². The number of rotatable bonds is 8. The van der Waals surface area contributed by atoms with E-state index in [9.17, 15) is 14.4 Å². The van der Waals surface area contributed by atoms with Gasteiger partial charge in [0.2, 0.25) is 0 Å². The molecule has 1 atom stereocenters. The summed E-state index contributed by atoms with van der Waals surface area (Å²) >= 11 is 0. The van der Waals surface area contributed by atoms with Crippen LogP contribution in [0.1, 0.15) is 39.0 Å². The van der Waals surface area contributed by atoms with Gasteiger partial charge in [-0.1, -0.05) is 26.3 Å². The van der Waals surface area contributed by atoms with Gasteiger partial charge in [-0.05, 0) is 19.8 Å². The molecule has 0 aromatic carbocycles. The zero-order valence-electron chi connectivity index (χ0n) is 10.6. The molecule has 0 aromatic rings. The van der Waals surface area contributed by atoms with E-state index in [1.54, 1.807) is 6.92 Å². The smallest absolute Gasteiger partial charge is 0.337 e. The van der Waals surface area contributed by atoms with Crippen LogP contribution in [0.4, 0.5) is 0 Å². The van der Waals surface area contributed by atoms with Crippen LogP contribution in [0.15, 0.2) is 12.7 Å². The molecule has 5 heteroatoms. The van der Waals surface area contributed by atoms with Gasteiger partial charge in [-0.2, -0.15) is 0 Å². The summed E-state index contributed by atoms with van der Waals surface area (Å²) in [5.41, 5.74) is -0.977. The summed E-state index contributed by atoms with van der Waals surface area (Å²) in [5.74, 6) is -2.52. The van der Waals surface area contributed by atoms with Gasteiger partial charge in [0.05, 0.1) is 5.41 Å². The van der Waals surface area contributed by atoms with E-state index >= 15 is 0 Å². The number of carboxylic acid groups (broad SMARTS) is 1. The highest BCUT2D eigenvalue weighted by atomic mass is 16.6. The molecule has 18 heavy (non-hydrogen) atoms. The minimum absolute atomic E-state index is 0.131. The molecule has 1 N–H and O–H groups in total. The molecule has 1 radical (unpaired) electrons. The van der Waals surface area contributed by atoms with Crippen molar-refractivity contribution in [1.29, 1.82) is 0 Å². The lowest BCUT2D eigenvalue weighted by Crippen LogP contribution is -2.32. The van der Waals surface area contributed by atoms with Crippen LogP contribution in [0.25, 0.3) is 0 Å². The summed E-state index contributed by atoms with van der Waals surface area (Å²) in [6.07, 6.45) is 2.61. The first-order valence-electron chi connectivity index (χ1n) is 5.75. The largest absolute Gasteiger partial charge is 0.481 e. The van der Waals surface area contributed by atoms with Crippen molar-refractivity contribution in [3.05, 3.63) is 19.6 Å². The monoisotopic (exact) mass is 255 g/mol. The summed E-state index contributed by atoms with van der Waals surface area (Å²) in [7, 11) is 0. The molecule has 0 saturated heterocycles. The average Bonchev–Trinajstić information content (AvgIpc) is 2.33. The van der Waals surface area contributed by atoms with Gasteiger partial charge in [-0.3, -0.25) is 9.59 Å². The zero-order chi connectivity index (χ0) is 14.2. The normalized spacial score (nSPS) is 13.4. The summed E-state index contributed by atoms with van der Waals surface area (Å²) in [5, 5.41) is 8.66. The highest BCUT2D eigenvalue weighted by Crippen LogP contribution is 2.31. The van der Waals surface area contributed by atoms with E-state index in [4.69, 9.17) is 5.11 Å². The number of ether oxygens (including phenoxy) is 1. The van der Waals surface area contributed by atoms with Crippen LogP contribution in [0.3, 0.4) is 0 Å². The molecule has 0 rings (SSSR count). The van der Waals surface area contributed by atoms with Crippen LogP contribution >= 0.6 is 0 Å². The molecule has 0 fully saturated rings. The van der Waals surface area contributed by atoms with Crippen LogP contribution in [-0.4, -0.2) is 23.0 Å². The van der Waals surface area contributed by atoms with E-state index in [1.807, 2.05) is 0 Å². The SMILES string of the molecule is [CH2]CCCC(C)(CCC(=O)O)C(=O)OC(=O)C=C. The maximum Gasteiger partial charge on any atom is 0.337 e. The number of carbonyl (C=O) groups excluding carboxylic acids is 2. The lowest BCUT2D eigenvalue weighted by Gasteiger charge is -2.25. The highest BCUT2D eigenvalue weighted by Gasteiger charge is 2.35. The van der Waals surface area contributed by atoms with Gasteiger partial charge in [-0.15, -0.1) is 0 Å². The Morgan fingerprint density at radius 3 is 2.39 bits per heavy atom. The quantitative estimate of drug-likeness (QED) is 0.408. The number of hydrogen-bond donors (Lipinski definition) is 1. The van der Waals surface area contributed by atoms with E-state index in [0.717, 1.165) is 6.08 Å². The Bertz CT molecular complexity index is 334. The molecule has 0 amide bonds. The number of carbonyl (C=O) groups is 3. The van der Waals surface area contributed by atoms with E-state index in [2.05, 4.69) is 18.2 Å².